The van der Waals surface area contributed by atoms with Crippen LogP contribution in [0.5, 0.6) is 0 Å². The summed E-state index contributed by atoms with van der Waals surface area (Å²) in [6, 6.07) is 10.5. The number of anilines is 1. The zero-order valence-electron chi connectivity index (χ0n) is 12.6. The molecule has 126 valence electrons. The predicted octanol–water partition coefficient (Wildman–Crippen LogP) is 3.97. The molecular formula is C16H11N3O3S3. The molecule has 6 nitrogen and oxygen atoms in total. The first kappa shape index (κ1) is 16.0. The van der Waals surface area contributed by atoms with Crippen LogP contribution in [0.2, 0.25) is 0 Å². The van der Waals surface area contributed by atoms with Crippen LogP contribution < -0.4 is 4.72 Å². The number of benzene rings is 1. The van der Waals surface area contributed by atoms with Crippen molar-refractivity contribution >= 4 is 55.6 Å². The maximum atomic E-state index is 12.5. The number of carbonyl (C=O) groups is 1. The highest BCUT2D eigenvalue weighted by molar-refractivity contribution is 7.94. The molecule has 25 heavy (non-hydrogen) atoms. The Bertz CT molecular complexity index is 1160. The van der Waals surface area contributed by atoms with Gasteiger partial charge in [-0.15, -0.1) is 22.7 Å². The molecule has 0 fully saturated rings. The van der Waals surface area contributed by atoms with Crippen LogP contribution in [0.4, 0.5) is 5.69 Å². The molecule has 0 spiro atoms. The lowest BCUT2D eigenvalue weighted by molar-refractivity contribution is 0.111. The number of thiophene rings is 1. The number of carbonyl (C=O) groups excluding carboxylic acids is 1. The van der Waals surface area contributed by atoms with Crippen LogP contribution in [-0.2, 0) is 10.0 Å². The molecule has 0 amide bonds. The number of sulfonamides is 1. The zero-order chi connectivity index (χ0) is 17.4. The van der Waals surface area contributed by atoms with E-state index in [1.54, 1.807) is 35.0 Å². The number of nitrogens with one attached hydrogen (secondary N) is 2. The van der Waals surface area contributed by atoms with Crippen LogP contribution in [0.1, 0.15) is 10.5 Å². The van der Waals surface area contributed by atoms with Gasteiger partial charge in [0.25, 0.3) is 10.0 Å². The molecule has 2 N–H and O–H groups in total. The molecule has 0 aliphatic heterocycles. The minimum absolute atomic E-state index is 0.256. The van der Waals surface area contributed by atoms with E-state index in [2.05, 4.69) is 14.7 Å². The molecule has 0 saturated heterocycles. The van der Waals surface area contributed by atoms with Crippen LogP contribution in [-0.4, -0.2) is 24.7 Å². The van der Waals surface area contributed by atoms with E-state index >= 15 is 0 Å². The molecule has 4 rings (SSSR count). The summed E-state index contributed by atoms with van der Waals surface area (Å²) in [4.78, 5) is 18.2. The van der Waals surface area contributed by atoms with Crippen molar-refractivity contribution in [3.05, 3.63) is 52.9 Å². The Kier molecular flexibility index (Phi) is 3.91. The number of aromatic nitrogens is 2. The molecule has 0 saturated carbocycles. The van der Waals surface area contributed by atoms with Crippen molar-refractivity contribution in [3.63, 3.8) is 0 Å². The van der Waals surface area contributed by atoms with Gasteiger partial charge < -0.3 is 4.98 Å². The molecule has 0 radical (unpaired) electrons. The van der Waals surface area contributed by atoms with Crippen molar-refractivity contribution in [1.29, 1.82) is 0 Å². The van der Waals surface area contributed by atoms with Gasteiger partial charge in [0.1, 0.15) is 14.9 Å². The van der Waals surface area contributed by atoms with Crippen molar-refractivity contribution in [2.45, 2.75) is 4.21 Å². The van der Waals surface area contributed by atoms with E-state index in [1.807, 2.05) is 12.1 Å². The molecule has 3 heterocycles. The fourth-order valence-corrected chi connectivity index (χ4v) is 5.23. The van der Waals surface area contributed by atoms with Crippen molar-refractivity contribution in [3.8, 4) is 10.7 Å². The van der Waals surface area contributed by atoms with Crippen molar-refractivity contribution in [1.82, 2.24) is 9.97 Å². The quantitative estimate of drug-likeness (QED) is 0.505. The third-order valence-corrected chi connectivity index (χ3v) is 7.19. The average Bonchev–Trinajstić information content (AvgIpc) is 3.33. The van der Waals surface area contributed by atoms with Crippen molar-refractivity contribution in [2.24, 2.45) is 0 Å². The van der Waals surface area contributed by atoms with Gasteiger partial charge in [-0.25, -0.2) is 13.4 Å². The summed E-state index contributed by atoms with van der Waals surface area (Å²) in [5, 5.41) is 4.91. The standard InChI is InChI=1S/C16H11N3O3S3/c20-8-11-9-24-16(17-11)13-7-10-3-1-4-12(15(10)18-13)19-25(21,22)14-5-2-6-23-14/h1-9,18-19H. The molecule has 0 unspecified atom stereocenters. The first-order chi connectivity index (χ1) is 12.1. The van der Waals surface area contributed by atoms with Crippen LogP contribution in [0.15, 0.2) is 51.4 Å². The number of thiazole rings is 1. The van der Waals surface area contributed by atoms with Gasteiger partial charge in [0.15, 0.2) is 6.29 Å². The Hall–Kier alpha value is -2.49. The van der Waals surface area contributed by atoms with E-state index in [1.165, 1.54) is 11.3 Å². The molecule has 0 atom stereocenters. The zero-order valence-corrected chi connectivity index (χ0v) is 15.0. The average molecular weight is 389 g/mol. The predicted molar refractivity (Wildman–Crippen MR) is 99.9 cm³/mol. The van der Waals surface area contributed by atoms with Gasteiger partial charge in [-0.05, 0) is 23.6 Å². The van der Waals surface area contributed by atoms with Crippen molar-refractivity contribution in [2.75, 3.05) is 4.72 Å². The van der Waals surface area contributed by atoms with Crippen LogP contribution >= 0.6 is 22.7 Å². The van der Waals surface area contributed by atoms with Crippen LogP contribution in [0.25, 0.3) is 21.6 Å². The summed E-state index contributed by atoms with van der Waals surface area (Å²) >= 11 is 2.51. The SMILES string of the molecule is O=Cc1csc(-c2cc3cccc(NS(=O)(=O)c4cccs4)c3[nH]2)n1. The van der Waals surface area contributed by atoms with Gasteiger partial charge >= 0.3 is 0 Å². The first-order valence-electron chi connectivity index (χ1n) is 7.16. The molecule has 1 aromatic carbocycles. The van der Waals surface area contributed by atoms with E-state index in [0.29, 0.717) is 28.2 Å². The van der Waals surface area contributed by atoms with Gasteiger partial charge in [0, 0.05) is 10.8 Å². The van der Waals surface area contributed by atoms with Gasteiger partial charge in [-0.2, -0.15) is 0 Å². The minimum Gasteiger partial charge on any atom is -0.351 e. The molecule has 0 aliphatic rings. The summed E-state index contributed by atoms with van der Waals surface area (Å²) in [6.07, 6.45) is 0.698. The number of rotatable bonds is 5. The van der Waals surface area contributed by atoms with E-state index < -0.39 is 10.0 Å². The highest BCUT2D eigenvalue weighted by atomic mass is 32.2. The number of fused-ring (bicyclic) bond motifs is 1. The Morgan fingerprint density at radius 2 is 2.04 bits per heavy atom. The molecule has 9 heteroatoms. The lowest BCUT2D eigenvalue weighted by Crippen LogP contribution is -2.11. The summed E-state index contributed by atoms with van der Waals surface area (Å²) in [5.74, 6) is 0. The number of nitrogens with zero attached hydrogens (tertiary/aromatic N) is 1. The van der Waals surface area contributed by atoms with E-state index in [4.69, 9.17) is 0 Å². The number of para-hydroxylation sites is 1. The van der Waals surface area contributed by atoms with Gasteiger partial charge in [0.2, 0.25) is 0 Å². The monoisotopic (exact) mass is 389 g/mol. The molecular weight excluding hydrogens is 378 g/mol. The molecule has 0 bridgehead atoms. The molecule has 0 aliphatic carbocycles. The number of aromatic amines is 1. The highest BCUT2D eigenvalue weighted by Gasteiger charge is 2.18. The molecule has 3 aromatic heterocycles. The van der Waals surface area contributed by atoms with Crippen LogP contribution in [0.3, 0.4) is 0 Å². The van der Waals surface area contributed by atoms with Gasteiger partial charge in [0.05, 0.1) is 16.9 Å². The second kappa shape index (κ2) is 6.10. The summed E-state index contributed by atoms with van der Waals surface area (Å²) < 4.78 is 27.8. The fourth-order valence-electron chi connectivity index (χ4n) is 2.43. The fraction of sp³-hybridized carbons (Fsp3) is 0. The molecule has 4 aromatic rings. The Morgan fingerprint density at radius 1 is 1.16 bits per heavy atom. The highest BCUT2D eigenvalue weighted by Crippen LogP contribution is 2.31. The van der Waals surface area contributed by atoms with Crippen molar-refractivity contribution < 1.29 is 13.2 Å². The summed E-state index contributed by atoms with van der Waals surface area (Å²) in [5.41, 5.74) is 2.23. The third-order valence-electron chi connectivity index (χ3n) is 3.53. The van der Waals surface area contributed by atoms with Crippen LogP contribution in [0, 0.1) is 0 Å². The van der Waals surface area contributed by atoms with E-state index in [9.17, 15) is 13.2 Å². The largest absolute Gasteiger partial charge is 0.351 e. The smallest absolute Gasteiger partial charge is 0.271 e. The summed E-state index contributed by atoms with van der Waals surface area (Å²) in [7, 11) is -3.63. The van der Waals surface area contributed by atoms with E-state index in [0.717, 1.165) is 22.4 Å². The number of H-pyrrole nitrogens is 1. The first-order valence-corrected chi connectivity index (χ1v) is 10.4. The minimum atomic E-state index is -3.63. The van der Waals surface area contributed by atoms with Gasteiger partial charge in [-0.1, -0.05) is 18.2 Å². The maximum Gasteiger partial charge on any atom is 0.271 e. The second-order valence-corrected chi connectivity index (χ2v) is 8.90. The Labute approximate surface area is 151 Å². The topological polar surface area (TPSA) is 91.9 Å². The Balaban J connectivity index is 1.76. The number of aldehydes is 1. The summed E-state index contributed by atoms with van der Waals surface area (Å²) in [6.45, 7) is 0. The normalized spacial score (nSPS) is 11.7. The third kappa shape index (κ3) is 2.97. The van der Waals surface area contributed by atoms with E-state index in [-0.39, 0.29) is 4.21 Å². The van der Waals surface area contributed by atoms with Gasteiger partial charge in [-0.3, -0.25) is 9.52 Å². The lowest BCUT2D eigenvalue weighted by Gasteiger charge is -2.07. The second-order valence-electron chi connectivity index (χ2n) is 5.19. The number of hydrogen-bond acceptors (Lipinski definition) is 6. The number of hydrogen-bond donors (Lipinski definition) is 2. The Morgan fingerprint density at radius 3 is 2.76 bits per heavy atom. The maximum absolute atomic E-state index is 12.5. The lowest BCUT2D eigenvalue weighted by atomic mass is 10.2.